The van der Waals surface area contributed by atoms with Crippen molar-refractivity contribution in [3.8, 4) is 0 Å². The second kappa shape index (κ2) is 6.85. The van der Waals surface area contributed by atoms with Crippen LogP contribution < -0.4 is 0 Å². The van der Waals surface area contributed by atoms with Gasteiger partial charge in [-0.15, -0.1) is 12.4 Å². The lowest BCUT2D eigenvalue weighted by molar-refractivity contribution is 0.194. The van der Waals surface area contributed by atoms with E-state index in [9.17, 15) is 0 Å². The summed E-state index contributed by atoms with van der Waals surface area (Å²) in [6.07, 6.45) is 2.71. The van der Waals surface area contributed by atoms with Crippen LogP contribution in [0.1, 0.15) is 38.3 Å². The number of nitrogens with zero attached hydrogens (tertiary/aromatic N) is 2. The van der Waals surface area contributed by atoms with E-state index >= 15 is 0 Å². The van der Waals surface area contributed by atoms with Gasteiger partial charge < -0.3 is 9.47 Å². The SMILES string of the molecule is CC(C)c1cc2ccccc2n1CC1CCCN(C)C1.Cl. The number of aromatic nitrogens is 1. The molecule has 0 aliphatic carbocycles. The third-order valence-electron chi connectivity index (χ3n) is 4.60. The molecule has 21 heavy (non-hydrogen) atoms. The van der Waals surface area contributed by atoms with E-state index < -0.39 is 0 Å². The molecule has 0 spiro atoms. The van der Waals surface area contributed by atoms with Gasteiger partial charge in [-0.1, -0.05) is 32.0 Å². The third-order valence-corrected chi connectivity index (χ3v) is 4.60. The van der Waals surface area contributed by atoms with Crippen molar-refractivity contribution in [1.82, 2.24) is 9.47 Å². The minimum absolute atomic E-state index is 0. The number of fused-ring (bicyclic) bond motifs is 1. The van der Waals surface area contributed by atoms with Gasteiger partial charge in [-0.25, -0.2) is 0 Å². The summed E-state index contributed by atoms with van der Waals surface area (Å²) in [5.41, 5.74) is 2.89. The van der Waals surface area contributed by atoms with Crippen LogP contribution in [0, 0.1) is 5.92 Å². The summed E-state index contributed by atoms with van der Waals surface area (Å²) in [4.78, 5) is 2.48. The van der Waals surface area contributed by atoms with Crippen LogP contribution in [0.4, 0.5) is 0 Å². The van der Waals surface area contributed by atoms with Crippen LogP contribution >= 0.6 is 12.4 Å². The van der Waals surface area contributed by atoms with Crippen LogP contribution in [-0.2, 0) is 6.54 Å². The van der Waals surface area contributed by atoms with Gasteiger partial charge in [-0.2, -0.15) is 0 Å². The Balaban J connectivity index is 0.00000161. The molecule has 1 aromatic heterocycles. The first-order valence-electron chi connectivity index (χ1n) is 7.92. The summed E-state index contributed by atoms with van der Waals surface area (Å²) in [6.45, 7) is 8.28. The quantitative estimate of drug-likeness (QED) is 0.809. The fourth-order valence-corrected chi connectivity index (χ4v) is 3.59. The van der Waals surface area contributed by atoms with Gasteiger partial charge in [0, 0.05) is 24.3 Å². The molecule has 3 rings (SSSR count). The molecule has 1 aliphatic heterocycles. The van der Waals surface area contributed by atoms with Crippen molar-refractivity contribution < 1.29 is 0 Å². The zero-order valence-electron chi connectivity index (χ0n) is 13.4. The van der Waals surface area contributed by atoms with E-state index in [-0.39, 0.29) is 12.4 Å². The molecule has 1 aliphatic rings. The van der Waals surface area contributed by atoms with Crippen molar-refractivity contribution in [1.29, 1.82) is 0 Å². The number of hydrogen-bond donors (Lipinski definition) is 0. The summed E-state index contributed by atoms with van der Waals surface area (Å²) < 4.78 is 2.57. The number of halogens is 1. The van der Waals surface area contributed by atoms with E-state index in [4.69, 9.17) is 0 Å². The second-order valence-corrected chi connectivity index (χ2v) is 6.66. The van der Waals surface area contributed by atoms with Crippen LogP contribution in [0.5, 0.6) is 0 Å². The Hall–Kier alpha value is -0.990. The highest BCUT2D eigenvalue weighted by Crippen LogP contribution is 2.28. The molecule has 1 fully saturated rings. The highest BCUT2D eigenvalue weighted by molar-refractivity contribution is 5.85. The van der Waals surface area contributed by atoms with Crippen molar-refractivity contribution >= 4 is 23.3 Å². The first-order valence-corrected chi connectivity index (χ1v) is 7.92. The van der Waals surface area contributed by atoms with Gasteiger partial charge >= 0.3 is 0 Å². The Morgan fingerprint density at radius 2 is 2.00 bits per heavy atom. The molecular weight excluding hydrogens is 280 g/mol. The maximum absolute atomic E-state index is 2.57. The Labute approximate surface area is 134 Å². The number of likely N-dealkylation sites (tertiary alicyclic amines) is 1. The maximum atomic E-state index is 2.57. The predicted molar refractivity (Wildman–Crippen MR) is 93.5 cm³/mol. The Morgan fingerprint density at radius 3 is 2.71 bits per heavy atom. The number of para-hydroxylation sites is 1. The molecule has 2 heterocycles. The summed E-state index contributed by atoms with van der Waals surface area (Å²) in [6, 6.07) is 11.2. The highest BCUT2D eigenvalue weighted by Gasteiger charge is 2.20. The molecule has 2 nitrogen and oxygen atoms in total. The molecule has 2 aromatic rings. The molecule has 0 radical (unpaired) electrons. The lowest BCUT2D eigenvalue weighted by Crippen LogP contribution is -2.34. The van der Waals surface area contributed by atoms with E-state index in [1.165, 1.54) is 49.1 Å². The molecule has 0 amide bonds. The van der Waals surface area contributed by atoms with Crippen molar-refractivity contribution in [3.63, 3.8) is 0 Å². The predicted octanol–water partition coefficient (Wildman–Crippen LogP) is 4.53. The van der Waals surface area contributed by atoms with Crippen LogP contribution in [0.3, 0.4) is 0 Å². The van der Waals surface area contributed by atoms with E-state index in [2.05, 4.69) is 60.7 Å². The summed E-state index contributed by atoms with van der Waals surface area (Å²) in [7, 11) is 2.25. The van der Waals surface area contributed by atoms with Crippen molar-refractivity contribution in [2.24, 2.45) is 5.92 Å². The zero-order valence-corrected chi connectivity index (χ0v) is 14.2. The van der Waals surface area contributed by atoms with Crippen molar-refractivity contribution in [2.75, 3.05) is 20.1 Å². The third kappa shape index (κ3) is 3.44. The van der Waals surface area contributed by atoms with Crippen LogP contribution in [0.25, 0.3) is 10.9 Å². The monoisotopic (exact) mass is 306 g/mol. The smallest absolute Gasteiger partial charge is 0.0482 e. The Kier molecular flexibility index (Phi) is 5.34. The molecule has 1 unspecified atom stereocenters. The summed E-state index contributed by atoms with van der Waals surface area (Å²) in [5.74, 6) is 1.38. The lowest BCUT2D eigenvalue weighted by Gasteiger charge is -2.31. The molecule has 3 heteroatoms. The van der Waals surface area contributed by atoms with E-state index in [0.717, 1.165) is 5.92 Å². The average Bonchev–Trinajstić information content (AvgIpc) is 2.78. The molecular formula is C18H27ClN2. The van der Waals surface area contributed by atoms with E-state index in [1.807, 2.05) is 0 Å². The fraction of sp³-hybridized carbons (Fsp3) is 0.556. The van der Waals surface area contributed by atoms with Gasteiger partial charge in [0.25, 0.3) is 0 Å². The first-order chi connectivity index (χ1) is 9.65. The number of rotatable bonds is 3. The van der Waals surface area contributed by atoms with Gasteiger partial charge in [-0.3, -0.25) is 0 Å². The average molecular weight is 307 g/mol. The largest absolute Gasteiger partial charge is 0.344 e. The van der Waals surface area contributed by atoms with Crippen LogP contribution in [0.15, 0.2) is 30.3 Å². The molecule has 0 saturated carbocycles. The first kappa shape index (κ1) is 16.4. The minimum Gasteiger partial charge on any atom is -0.344 e. The van der Waals surface area contributed by atoms with Crippen molar-refractivity contribution in [2.45, 2.75) is 39.2 Å². The highest BCUT2D eigenvalue weighted by atomic mass is 35.5. The second-order valence-electron chi connectivity index (χ2n) is 6.66. The molecule has 0 bridgehead atoms. The Bertz CT molecular complexity index is 588. The van der Waals surface area contributed by atoms with Gasteiger partial charge in [0.1, 0.15) is 0 Å². The standard InChI is InChI=1S/C18H26N2.ClH/c1-14(2)18-11-16-8-4-5-9-17(16)20(18)13-15-7-6-10-19(3)12-15;/h4-5,8-9,11,14-15H,6-7,10,12-13H2,1-3H3;1H. The topological polar surface area (TPSA) is 8.17 Å². The normalized spacial score (nSPS) is 19.9. The zero-order chi connectivity index (χ0) is 14.1. The number of piperidine rings is 1. The maximum Gasteiger partial charge on any atom is 0.0482 e. The number of hydrogen-bond acceptors (Lipinski definition) is 1. The molecule has 0 N–H and O–H groups in total. The summed E-state index contributed by atoms with van der Waals surface area (Å²) >= 11 is 0. The van der Waals surface area contributed by atoms with E-state index in [0.29, 0.717) is 5.92 Å². The van der Waals surface area contributed by atoms with Gasteiger partial charge in [-0.05, 0) is 55.8 Å². The van der Waals surface area contributed by atoms with E-state index in [1.54, 1.807) is 0 Å². The number of benzene rings is 1. The van der Waals surface area contributed by atoms with Gasteiger partial charge in [0.2, 0.25) is 0 Å². The fourth-order valence-electron chi connectivity index (χ4n) is 3.59. The van der Waals surface area contributed by atoms with Gasteiger partial charge in [0.05, 0.1) is 0 Å². The molecule has 1 aromatic carbocycles. The molecule has 116 valence electrons. The Morgan fingerprint density at radius 1 is 1.24 bits per heavy atom. The lowest BCUT2D eigenvalue weighted by atomic mass is 9.98. The van der Waals surface area contributed by atoms with Crippen LogP contribution in [0.2, 0.25) is 0 Å². The van der Waals surface area contributed by atoms with Gasteiger partial charge in [0.15, 0.2) is 0 Å². The minimum atomic E-state index is 0. The molecule has 1 atom stereocenters. The molecule has 1 saturated heterocycles. The van der Waals surface area contributed by atoms with Crippen LogP contribution in [-0.4, -0.2) is 29.6 Å². The van der Waals surface area contributed by atoms with Crippen molar-refractivity contribution in [3.05, 3.63) is 36.0 Å². The summed E-state index contributed by atoms with van der Waals surface area (Å²) in [5, 5.41) is 1.39.